The molecule has 0 aliphatic carbocycles. The quantitative estimate of drug-likeness (QED) is 0.169. The van der Waals surface area contributed by atoms with Crippen LogP contribution in [0.1, 0.15) is 17.3 Å². The Labute approximate surface area is 168 Å². The molecule has 2 saturated heterocycles. The minimum atomic E-state index is -1.20. The van der Waals surface area contributed by atoms with Crippen LogP contribution in [0.4, 0.5) is 0 Å². The van der Waals surface area contributed by atoms with Crippen molar-refractivity contribution in [2.75, 3.05) is 5.75 Å². The Hall–Kier alpha value is -3.17. The average molecular weight is 417 g/mol. The lowest BCUT2D eigenvalue weighted by Gasteiger charge is -2.38. The highest BCUT2D eigenvalue weighted by atomic mass is 32.2. The summed E-state index contributed by atoms with van der Waals surface area (Å²) in [4.78, 5) is 41.5. The molecule has 0 aromatic heterocycles. The van der Waals surface area contributed by atoms with Crippen molar-refractivity contribution in [2.45, 2.75) is 36.7 Å². The molecule has 2 aliphatic rings. The molecule has 12 heteroatoms. The molecule has 150 valence electrons. The smallest absolute Gasteiger partial charge is 0.441 e. The van der Waals surface area contributed by atoms with E-state index in [0.717, 1.165) is 6.92 Å². The van der Waals surface area contributed by atoms with Crippen LogP contribution in [0.3, 0.4) is 0 Å². The van der Waals surface area contributed by atoms with Gasteiger partial charge in [-0.3, -0.25) is 4.79 Å². The highest BCUT2D eigenvalue weighted by molar-refractivity contribution is 8.00. The van der Waals surface area contributed by atoms with Crippen LogP contribution in [0.5, 0.6) is 0 Å². The first-order valence-electron chi connectivity index (χ1n) is 8.47. The van der Waals surface area contributed by atoms with Crippen molar-refractivity contribution < 1.29 is 33.4 Å². The first kappa shape index (κ1) is 20.6. The normalized spacial score (nSPS) is 27.1. The number of hydrogen-bond acceptors (Lipinski definition) is 8. The van der Waals surface area contributed by atoms with Gasteiger partial charge >= 0.3 is 17.7 Å². The third-order valence-electron chi connectivity index (χ3n) is 4.35. The second kappa shape index (κ2) is 8.89. The maximum absolute atomic E-state index is 12.5. The molecule has 0 saturated carbocycles. The number of nitrogens with zero attached hydrogens (tertiary/aromatic N) is 5. The van der Waals surface area contributed by atoms with Crippen molar-refractivity contribution >= 4 is 35.2 Å². The van der Waals surface area contributed by atoms with Crippen molar-refractivity contribution in [3.63, 3.8) is 0 Å². The van der Waals surface area contributed by atoms with Gasteiger partial charge in [0.05, 0.1) is 5.56 Å². The summed E-state index contributed by atoms with van der Waals surface area (Å²) >= 11 is 1.29. The van der Waals surface area contributed by atoms with Crippen LogP contribution in [0.2, 0.25) is 0 Å². The predicted molar refractivity (Wildman–Crippen MR) is 98.9 cm³/mol. The van der Waals surface area contributed by atoms with Gasteiger partial charge in [0.2, 0.25) is 5.78 Å². The third-order valence-corrected chi connectivity index (χ3v) is 5.58. The van der Waals surface area contributed by atoms with Gasteiger partial charge in [0.25, 0.3) is 0 Å². The molecule has 0 N–H and O–H groups in total. The van der Waals surface area contributed by atoms with E-state index in [1.165, 1.54) is 11.8 Å². The van der Waals surface area contributed by atoms with Gasteiger partial charge in [-0.1, -0.05) is 23.3 Å². The fourth-order valence-corrected chi connectivity index (χ4v) is 4.29. The predicted octanol–water partition coefficient (Wildman–Crippen LogP) is 1.53. The van der Waals surface area contributed by atoms with Crippen molar-refractivity contribution in [3.05, 3.63) is 51.9 Å². The number of rotatable bonds is 6. The number of hydrogen-bond donors (Lipinski definition) is 0. The Morgan fingerprint density at radius 2 is 1.90 bits per heavy atom. The van der Waals surface area contributed by atoms with Crippen LogP contribution in [-0.4, -0.2) is 63.8 Å². The van der Waals surface area contributed by atoms with Crippen molar-refractivity contribution in [2.24, 2.45) is 5.11 Å². The van der Waals surface area contributed by atoms with E-state index < -0.39 is 53.2 Å². The molecule has 0 amide bonds. The van der Waals surface area contributed by atoms with Gasteiger partial charge < -0.3 is 19.7 Å². The average Bonchev–Trinajstić information content (AvgIpc) is 3.14. The second-order valence-corrected chi connectivity index (χ2v) is 7.31. The minimum absolute atomic E-state index is 0.291. The maximum Gasteiger partial charge on any atom is 0.441 e. The Balaban J connectivity index is 1.86. The van der Waals surface area contributed by atoms with Crippen molar-refractivity contribution in [3.8, 4) is 0 Å². The lowest BCUT2D eigenvalue weighted by molar-refractivity contribution is -0.171. The summed E-state index contributed by atoms with van der Waals surface area (Å²) in [6.07, 6.45) is -2.75. The molecular weight excluding hydrogens is 402 g/mol. The van der Waals surface area contributed by atoms with E-state index in [4.69, 9.17) is 25.3 Å². The SMILES string of the molecule is CC(=O)C(=[N+]=[N-])C(=O)O[C@H]1[C@H](N=[N+]=[N-])[C@H](OC(=O)c2ccccc2)[C@H]2CS[C@@H]1O2. The van der Waals surface area contributed by atoms with Crippen LogP contribution in [-0.2, 0) is 23.8 Å². The maximum atomic E-state index is 12.5. The van der Waals surface area contributed by atoms with Crippen LogP contribution < -0.4 is 0 Å². The molecule has 0 unspecified atom stereocenters. The zero-order chi connectivity index (χ0) is 21.0. The van der Waals surface area contributed by atoms with E-state index in [2.05, 4.69) is 14.8 Å². The van der Waals surface area contributed by atoms with E-state index in [9.17, 15) is 14.4 Å². The number of ketones is 1. The highest BCUT2D eigenvalue weighted by Gasteiger charge is 2.54. The molecule has 11 nitrogen and oxygen atoms in total. The monoisotopic (exact) mass is 417 g/mol. The zero-order valence-corrected chi connectivity index (χ0v) is 15.9. The number of Topliss-reactive ketones (excluding diaryl/α,β-unsaturated/α-hetero) is 1. The summed E-state index contributed by atoms with van der Waals surface area (Å²) in [7, 11) is 0. The molecule has 1 aromatic carbocycles. The molecule has 2 aliphatic heterocycles. The molecule has 1 aromatic rings. The van der Waals surface area contributed by atoms with E-state index >= 15 is 0 Å². The number of benzene rings is 1. The number of fused-ring (bicyclic) bond motifs is 2. The molecule has 3 rings (SSSR count). The molecule has 2 heterocycles. The summed E-state index contributed by atoms with van der Waals surface area (Å²) in [6.45, 7) is 1.03. The molecule has 2 fully saturated rings. The van der Waals surface area contributed by atoms with Gasteiger partial charge in [0, 0.05) is 17.6 Å². The van der Waals surface area contributed by atoms with Crippen LogP contribution in [0, 0.1) is 0 Å². The largest absolute Gasteiger partial charge is 0.455 e. The standard InChI is InChI=1S/C17H15N5O6S/c1-8(23)11(20-18)16(25)28-14-12(21-22-19)13(10-7-29-17(14)26-10)27-15(24)9-5-3-2-4-6-9/h2-6,10,12-14,17H,7H2,1H3/t10-,12-,13-,14+,17+/m1/s1. The molecule has 29 heavy (non-hydrogen) atoms. The van der Waals surface area contributed by atoms with E-state index in [1.807, 2.05) is 0 Å². The molecule has 0 spiro atoms. The van der Waals surface area contributed by atoms with Gasteiger partial charge in [-0.25, -0.2) is 9.59 Å². The number of esters is 2. The topological polar surface area (TPSA) is 164 Å². The van der Waals surface area contributed by atoms with E-state index in [1.54, 1.807) is 30.3 Å². The number of ether oxygens (including phenoxy) is 3. The summed E-state index contributed by atoms with van der Waals surface area (Å²) in [5.74, 6) is -2.25. The Morgan fingerprint density at radius 3 is 2.52 bits per heavy atom. The van der Waals surface area contributed by atoms with Crippen molar-refractivity contribution in [1.82, 2.24) is 0 Å². The summed E-state index contributed by atoms with van der Waals surface area (Å²) in [6, 6.07) is 7.11. The number of azide groups is 1. The Kier molecular flexibility index (Phi) is 6.30. The second-order valence-electron chi connectivity index (χ2n) is 6.18. The number of thioether (sulfide) groups is 1. The van der Waals surface area contributed by atoms with Gasteiger partial charge in [0.15, 0.2) is 0 Å². The third kappa shape index (κ3) is 4.30. The van der Waals surface area contributed by atoms with Crippen molar-refractivity contribution in [1.29, 1.82) is 0 Å². The van der Waals surface area contributed by atoms with Gasteiger partial charge in [-0.05, 0) is 17.7 Å². The lowest BCUT2D eigenvalue weighted by atomic mass is 9.98. The Bertz CT molecular complexity index is 928. The minimum Gasteiger partial charge on any atom is -0.455 e. The zero-order valence-electron chi connectivity index (χ0n) is 15.1. The molecule has 0 radical (unpaired) electrons. The fraction of sp³-hybridized carbons (Fsp3) is 0.412. The summed E-state index contributed by atoms with van der Waals surface area (Å²) < 4.78 is 16.6. The van der Waals surface area contributed by atoms with Gasteiger partial charge in [-0.15, -0.1) is 11.8 Å². The number of carbonyl (C=O) groups excluding carboxylic acids is 3. The lowest BCUT2D eigenvalue weighted by Crippen LogP contribution is -2.56. The molecule has 5 atom stereocenters. The highest BCUT2D eigenvalue weighted by Crippen LogP contribution is 2.41. The molecular formula is C17H15N5O6S. The van der Waals surface area contributed by atoms with E-state index in [-0.39, 0.29) is 0 Å². The number of carbonyl (C=O) groups is 3. The van der Waals surface area contributed by atoms with Crippen LogP contribution in [0.15, 0.2) is 35.4 Å². The summed E-state index contributed by atoms with van der Waals surface area (Å²) in [5.41, 5.74) is 16.6. The Morgan fingerprint density at radius 1 is 1.17 bits per heavy atom. The molecule has 2 bridgehead atoms. The van der Waals surface area contributed by atoms with Gasteiger partial charge in [-0.2, -0.15) is 4.79 Å². The fourth-order valence-electron chi connectivity index (χ4n) is 3.02. The first-order valence-corrected chi connectivity index (χ1v) is 9.52. The summed E-state index contributed by atoms with van der Waals surface area (Å²) in [5, 5.41) is 3.66. The first-order chi connectivity index (χ1) is 14.0. The van der Waals surface area contributed by atoms with Crippen LogP contribution in [0.25, 0.3) is 16.0 Å². The van der Waals surface area contributed by atoms with Crippen LogP contribution >= 0.6 is 11.8 Å². The van der Waals surface area contributed by atoms with E-state index in [0.29, 0.717) is 11.3 Å². The van der Waals surface area contributed by atoms with Gasteiger partial charge in [0.1, 0.15) is 29.8 Å².